The number of anilines is 1. The van der Waals surface area contributed by atoms with E-state index in [4.69, 9.17) is 9.47 Å². The van der Waals surface area contributed by atoms with Crippen molar-refractivity contribution in [2.45, 2.75) is 86.9 Å². The van der Waals surface area contributed by atoms with E-state index in [1.165, 1.54) is 0 Å². The topological polar surface area (TPSA) is 103 Å². The van der Waals surface area contributed by atoms with Gasteiger partial charge in [0.25, 0.3) is 0 Å². The number of aromatic nitrogens is 1. The molecule has 35 heavy (non-hydrogen) atoms. The largest absolute Gasteiger partial charge is 0.485 e. The molecule has 1 amide bonds. The van der Waals surface area contributed by atoms with Crippen molar-refractivity contribution in [2.24, 2.45) is 4.99 Å². The number of piperidine rings is 1. The highest BCUT2D eigenvalue weighted by atomic mass is 16.6. The Bertz CT molecular complexity index is 790. The van der Waals surface area contributed by atoms with Crippen LogP contribution >= 0.6 is 0 Å². The van der Waals surface area contributed by atoms with Crippen LogP contribution in [0, 0.1) is 11.3 Å². The van der Waals surface area contributed by atoms with Crippen LogP contribution in [0.15, 0.2) is 11.2 Å². The van der Waals surface area contributed by atoms with Crippen molar-refractivity contribution in [3.63, 3.8) is 0 Å². The van der Waals surface area contributed by atoms with E-state index in [0.717, 1.165) is 0 Å². The van der Waals surface area contributed by atoms with Crippen molar-refractivity contribution in [1.82, 2.24) is 14.8 Å². The minimum atomic E-state index is -0.521. The van der Waals surface area contributed by atoms with Gasteiger partial charge in [-0.1, -0.05) is 41.5 Å². The number of ether oxygens (including phenoxy) is 2. The van der Waals surface area contributed by atoms with E-state index in [0.29, 0.717) is 48.7 Å². The maximum absolute atomic E-state index is 12.2. The van der Waals surface area contributed by atoms with Gasteiger partial charge < -0.3 is 24.6 Å². The van der Waals surface area contributed by atoms with Gasteiger partial charge in [-0.05, 0) is 20.8 Å². The molecule has 0 bridgehead atoms. The van der Waals surface area contributed by atoms with Crippen LogP contribution in [0.2, 0.25) is 0 Å². The second-order valence-electron chi connectivity index (χ2n) is 8.05. The van der Waals surface area contributed by atoms with Crippen LogP contribution < -0.4 is 10.1 Å². The fraction of sp³-hybridized carbons (Fsp3) is 0.692. The fourth-order valence-corrected chi connectivity index (χ4v) is 2.81. The zero-order chi connectivity index (χ0) is 27.6. The predicted octanol–water partition coefficient (Wildman–Crippen LogP) is 6.07. The van der Waals surface area contributed by atoms with E-state index in [1.807, 2.05) is 76.4 Å². The summed E-state index contributed by atoms with van der Waals surface area (Å²) < 4.78 is 11.6. The lowest BCUT2D eigenvalue weighted by molar-refractivity contribution is 0.0126. The number of likely N-dealkylation sites (tertiary alicyclic amines) is 1. The summed E-state index contributed by atoms with van der Waals surface area (Å²) in [6.07, 6.45) is 3.98. The molecule has 0 atom stereocenters. The van der Waals surface area contributed by atoms with Crippen LogP contribution in [0.5, 0.6) is 5.75 Å². The highest BCUT2D eigenvalue weighted by molar-refractivity contribution is 5.72. The molecule has 0 saturated carbocycles. The molecule has 1 aromatic rings. The Kier molecular flexibility index (Phi) is 17.9. The van der Waals surface area contributed by atoms with Gasteiger partial charge >= 0.3 is 6.09 Å². The number of carbonyl (C=O) groups is 1. The molecule has 9 heteroatoms. The van der Waals surface area contributed by atoms with E-state index in [2.05, 4.69) is 21.4 Å². The van der Waals surface area contributed by atoms with E-state index >= 15 is 0 Å². The molecule has 200 valence electrons. The van der Waals surface area contributed by atoms with Crippen molar-refractivity contribution in [2.75, 3.05) is 39.5 Å². The molecule has 9 nitrogen and oxygen atoms in total. The summed E-state index contributed by atoms with van der Waals surface area (Å²) in [5, 5.41) is 12.7. The Balaban J connectivity index is 0. The van der Waals surface area contributed by atoms with Crippen molar-refractivity contribution >= 4 is 23.9 Å². The van der Waals surface area contributed by atoms with Crippen molar-refractivity contribution in [3.8, 4) is 11.8 Å². The highest BCUT2D eigenvalue weighted by Crippen LogP contribution is 2.35. The summed E-state index contributed by atoms with van der Waals surface area (Å²) in [5.41, 5.74) is 0.255. The molecular weight excluding hydrogens is 444 g/mol. The number of pyridine rings is 1. The Morgan fingerprint density at radius 3 is 2.17 bits per heavy atom. The first-order chi connectivity index (χ1) is 16.6. The van der Waals surface area contributed by atoms with Crippen molar-refractivity contribution in [3.05, 3.63) is 11.8 Å². The van der Waals surface area contributed by atoms with Crippen molar-refractivity contribution < 1.29 is 14.3 Å². The maximum atomic E-state index is 12.2. The van der Waals surface area contributed by atoms with E-state index in [-0.39, 0.29) is 12.2 Å². The van der Waals surface area contributed by atoms with E-state index < -0.39 is 5.60 Å². The second-order valence-corrected chi connectivity index (χ2v) is 8.05. The van der Waals surface area contributed by atoms with Gasteiger partial charge in [0, 0.05) is 47.1 Å². The number of rotatable bonds is 5. The quantitative estimate of drug-likeness (QED) is 0.393. The standard InChI is InChI=1S/C20H30N6O3.3C2H6/c1-20(2,3)29-19(27)26-9-7-14(8-10-26)28-17-15(11-21)16(24-13-25(5)6)12-23-18(17)22-4;3*1-2/h12-14H,7-10H2,1-6H3,(H,22,23);3*1-2H3. The number of hydrogen-bond donors (Lipinski definition) is 1. The predicted molar refractivity (Wildman–Crippen MR) is 146 cm³/mol. The van der Waals surface area contributed by atoms with Gasteiger partial charge in [-0.2, -0.15) is 5.26 Å². The molecule has 1 aromatic heterocycles. The lowest BCUT2D eigenvalue weighted by Gasteiger charge is -2.33. The molecule has 1 N–H and O–H groups in total. The number of carbonyl (C=O) groups excluding carboxylic acids is 1. The number of nitrogens with zero attached hydrogens (tertiary/aromatic N) is 5. The number of nitrogens with one attached hydrogen (secondary N) is 1. The third kappa shape index (κ3) is 12.3. The zero-order valence-corrected chi connectivity index (χ0v) is 24.0. The van der Waals surface area contributed by atoms with Crippen LogP contribution in [0.1, 0.15) is 80.7 Å². The van der Waals surface area contributed by atoms with Gasteiger partial charge in [-0.25, -0.2) is 14.8 Å². The fourth-order valence-electron chi connectivity index (χ4n) is 2.81. The van der Waals surface area contributed by atoms with Gasteiger partial charge in [-0.3, -0.25) is 0 Å². The lowest BCUT2D eigenvalue weighted by atomic mass is 10.1. The minimum absolute atomic E-state index is 0.136. The molecule has 1 aliphatic heterocycles. The van der Waals surface area contributed by atoms with Gasteiger partial charge in [-0.15, -0.1) is 0 Å². The highest BCUT2D eigenvalue weighted by Gasteiger charge is 2.29. The van der Waals surface area contributed by atoms with Gasteiger partial charge in [0.1, 0.15) is 29.0 Å². The summed E-state index contributed by atoms with van der Waals surface area (Å²) in [5.74, 6) is 0.874. The average Bonchev–Trinajstić information content (AvgIpc) is 2.85. The monoisotopic (exact) mass is 492 g/mol. The van der Waals surface area contributed by atoms with Crippen LogP contribution in [-0.4, -0.2) is 73.2 Å². The first kappa shape index (κ1) is 34.1. The summed E-state index contributed by atoms with van der Waals surface area (Å²) in [7, 11) is 5.42. The third-order valence-electron chi connectivity index (χ3n) is 4.17. The molecule has 1 fully saturated rings. The molecule has 2 rings (SSSR count). The molecular formula is C26H48N6O3. The van der Waals surface area contributed by atoms with Crippen LogP contribution in [0.3, 0.4) is 0 Å². The molecule has 1 saturated heterocycles. The SMILES string of the molecule is CC.CC.CC.CNc1ncc(N=CN(C)C)c(C#N)c1OC1CCN(C(=O)OC(C)(C)C)CC1. The van der Waals surface area contributed by atoms with Crippen LogP contribution in [0.4, 0.5) is 16.3 Å². The van der Waals surface area contributed by atoms with E-state index in [9.17, 15) is 10.1 Å². The first-order valence-corrected chi connectivity index (χ1v) is 12.6. The van der Waals surface area contributed by atoms with Crippen LogP contribution in [-0.2, 0) is 4.74 Å². The Morgan fingerprint density at radius 1 is 1.20 bits per heavy atom. The Morgan fingerprint density at radius 2 is 1.74 bits per heavy atom. The van der Waals surface area contributed by atoms with Gasteiger partial charge in [0.05, 0.1) is 12.5 Å². The molecule has 0 radical (unpaired) electrons. The van der Waals surface area contributed by atoms with Gasteiger partial charge in [0.2, 0.25) is 0 Å². The number of nitriles is 1. The van der Waals surface area contributed by atoms with E-state index in [1.54, 1.807) is 29.4 Å². The summed E-state index contributed by atoms with van der Waals surface area (Å²) in [6.45, 7) is 18.6. The Labute approximate surface area is 213 Å². The normalized spacial score (nSPS) is 13.1. The molecule has 0 aromatic carbocycles. The third-order valence-corrected chi connectivity index (χ3v) is 4.17. The second kappa shape index (κ2) is 18.3. The molecule has 0 spiro atoms. The smallest absolute Gasteiger partial charge is 0.410 e. The number of aliphatic imine (C=N–C) groups is 1. The molecule has 0 unspecified atom stereocenters. The molecule has 1 aliphatic rings. The van der Waals surface area contributed by atoms with Crippen LogP contribution in [0.25, 0.3) is 0 Å². The summed E-state index contributed by atoms with van der Waals surface area (Å²) >= 11 is 0. The number of hydrogen-bond acceptors (Lipinski definition) is 7. The number of amides is 1. The Hall–Kier alpha value is -3.02. The zero-order valence-electron chi connectivity index (χ0n) is 24.0. The maximum Gasteiger partial charge on any atom is 0.410 e. The lowest BCUT2D eigenvalue weighted by Crippen LogP contribution is -2.44. The minimum Gasteiger partial charge on any atom is -0.485 e. The average molecular weight is 493 g/mol. The molecule has 2 heterocycles. The summed E-state index contributed by atoms with van der Waals surface area (Å²) in [6, 6.07) is 2.18. The summed E-state index contributed by atoms with van der Waals surface area (Å²) in [4.78, 5) is 24.3. The van der Waals surface area contributed by atoms with Gasteiger partial charge in [0.15, 0.2) is 11.6 Å². The van der Waals surface area contributed by atoms with Crippen molar-refractivity contribution in [1.29, 1.82) is 5.26 Å². The molecule has 0 aliphatic carbocycles. The first-order valence-electron chi connectivity index (χ1n) is 12.6.